The summed E-state index contributed by atoms with van der Waals surface area (Å²) in [7, 11) is 0. The van der Waals surface area contributed by atoms with E-state index in [1.54, 1.807) is 6.92 Å². The number of esters is 1. The lowest BCUT2D eigenvalue weighted by atomic mass is 10.1. The molecule has 0 bridgehead atoms. The van der Waals surface area contributed by atoms with E-state index in [0.717, 1.165) is 13.0 Å². The number of ether oxygens (including phenoxy) is 2. The lowest BCUT2D eigenvalue weighted by Crippen LogP contribution is -2.33. The van der Waals surface area contributed by atoms with Crippen LogP contribution in [0, 0.1) is 5.82 Å². The molecule has 0 saturated carbocycles. The predicted molar refractivity (Wildman–Crippen MR) is 69.6 cm³/mol. The average molecular weight is 268 g/mol. The van der Waals surface area contributed by atoms with Crippen molar-refractivity contribution in [1.29, 1.82) is 0 Å². The summed E-state index contributed by atoms with van der Waals surface area (Å²) in [6, 6.07) is 2.81. The Morgan fingerprint density at radius 1 is 1.63 bits per heavy atom. The Labute approximate surface area is 110 Å². The van der Waals surface area contributed by atoms with Gasteiger partial charge < -0.3 is 20.5 Å². The second kappa shape index (κ2) is 5.88. The third-order valence-corrected chi connectivity index (χ3v) is 2.97. The molecule has 1 aliphatic heterocycles. The minimum absolute atomic E-state index is 0.0741. The van der Waals surface area contributed by atoms with Crippen molar-refractivity contribution in [1.82, 2.24) is 0 Å². The standard InChI is InChI=1S/C13H17FN2O3/c1-2-18-13(17)9-3-4-10(15)12(11(9)14)16-7-8-5-6-19-8/h3-4,8,16H,2,5-7,15H2,1H3/t8-/m0/s1. The highest BCUT2D eigenvalue weighted by atomic mass is 19.1. The highest BCUT2D eigenvalue weighted by Gasteiger charge is 2.21. The molecule has 0 amide bonds. The van der Waals surface area contributed by atoms with Crippen molar-refractivity contribution in [3.8, 4) is 0 Å². The monoisotopic (exact) mass is 268 g/mol. The molecule has 0 unspecified atom stereocenters. The van der Waals surface area contributed by atoms with Crippen LogP contribution in [0.15, 0.2) is 12.1 Å². The fourth-order valence-corrected chi connectivity index (χ4v) is 1.80. The van der Waals surface area contributed by atoms with Crippen LogP contribution in [0.25, 0.3) is 0 Å². The molecular weight excluding hydrogens is 251 g/mol. The number of benzene rings is 1. The Bertz CT molecular complexity index is 475. The molecule has 1 aromatic rings. The van der Waals surface area contributed by atoms with E-state index in [4.69, 9.17) is 15.2 Å². The topological polar surface area (TPSA) is 73.6 Å². The highest BCUT2D eigenvalue weighted by Crippen LogP contribution is 2.26. The number of hydrogen-bond acceptors (Lipinski definition) is 5. The van der Waals surface area contributed by atoms with E-state index in [-0.39, 0.29) is 29.6 Å². The van der Waals surface area contributed by atoms with Crippen LogP contribution in [0.4, 0.5) is 15.8 Å². The average Bonchev–Trinajstić information content (AvgIpc) is 2.31. The molecular formula is C13H17FN2O3. The normalized spacial score (nSPS) is 17.7. The number of rotatable bonds is 5. The fourth-order valence-electron chi connectivity index (χ4n) is 1.80. The number of nitrogen functional groups attached to an aromatic ring is 1. The summed E-state index contributed by atoms with van der Waals surface area (Å²) >= 11 is 0. The summed E-state index contributed by atoms with van der Waals surface area (Å²) in [6.07, 6.45) is 1.01. The van der Waals surface area contributed by atoms with Crippen LogP contribution < -0.4 is 11.1 Å². The van der Waals surface area contributed by atoms with Crippen LogP contribution in [-0.4, -0.2) is 31.8 Å². The molecule has 0 spiro atoms. The van der Waals surface area contributed by atoms with Crippen molar-refractivity contribution < 1.29 is 18.7 Å². The fraction of sp³-hybridized carbons (Fsp3) is 0.462. The minimum Gasteiger partial charge on any atom is -0.462 e. The maximum absolute atomic E-state index is 14.2. The largest absolute Gasteiger partial charge is 0.462 e. The molecule has 2 rings (SSSR count). The molecule has 1 atom stereocenters. The molecule has 0 radical (unpaired) electrons. The van der Waals surface area contributed by atoms with Gasteiger partial charge in [0.1, 0.15) is 0 Å². The summed E-state index contributed by atoms with van der Waals surface area (Å²) in [5.41, 5.74) is 5.98. The first-order chi connectivity index (χ1) is 9.13. The number of nitrogens with one attached hydrogen (secondary N) is 1. The third-order valence-electron chi connectivity index (χ3n) is 2.97. The maximum Gasteiger partial charge on any atom is 0.341 e. The molecule has 1 aliphatic rings. The maximum atomic E-state index is 14.2. The summed E-state index contributed by atoms with van der Waals surface area (Å²) in [6.45, 7) is 3.06. The Morgan fingerprint density at radius 3 is 2.95 bits per heavy atom. The van der Waals surface area contributed by atoms with Crippen LogP contribution in [0.3, 0.4) is 0 Å². The lowest BCUT2D eigenvalue weighted by molar-refractivity contribution is -0.0410. The number of halogens is 1. The van der Waals surface area contributed by atoms with Gasteiger partial charge in [0, 0.05) is 13.2 Å². The van der Waals surface area contributed by atoms with Crippen molar-refractivity contribution in [2.75, 3.05) is 30.8 Å². The van der Waals surface area contributed by atoms with Crippen LogP contribution in [0.2, 0.25) is 0 Å². The van der Waals surface area contributed by atoms with Crippen LogP contribution in [0.5, 0.6) is 0 Å². The van der Waals surface area contributed by atoms with Crippen molar-refractivity contribution >= 4 is 17.3 Å². The van der Waals surface area contributed by atoms with Gasteiger partial charge in [0.05, 0.1) is 29.6 Å². The highest BCUT2D eigenvalue weighted by molar-refractivity contribution is 5.92. The second-order valence-corrected chi connectivity index (χ2v) is 4.27. The van der Waals surface area contributed by atoms with E-state index < -0.39 is 11.8 Å². The van der Waals surface area contributed by atoms with E-state index in [1.807, 2.05) is 0 Å². The van der Waals surface area contributed by atoms with Gasteiger partial charge in [0.25, 0.3) is 0 Å². The van der Waals surface area contributed by atoms with Gasteiger partial charge in [-0.1, -0.05) is 0 Å². The van der Waals surface area contributed by atoms with Gasteiger partial charge in [-0.05, 0) is 25.5 Å². The third kappa shape index (κ3) is 2.96. The van der Waals surface area contributed by atoms with Gasteiger partial charge >= 0.3 is 5.97 Å². The molecule has 19 heavy (non-hydrogen) atoms. The smallest absolute Gasteiger partial charge is 0.341 e. The van der Waals surface area contributed by atoms with Crippen molar-refractivity contribution in [3.05, 3.63) is 23.5 Å². The quantitative estimate of drug-likeness (QED) is 0.629. The molecule has 1 heterocycles. The van der Waals surface area contributed by atoms with E-state index in [9.17, 15) is 9.18 Å². The Kier molecular flexibility index (Phi) is 4.21. The van der Waals surface area contributed by atoms with Crippen LogP contribution in [-0.2, 0) is 9.47 Å². The Hall–Kier alpha value is -1.82. The second-order valence-electron chi connectivity index (χ2n) is 4.27. The molecule has 0 aliphatic carbocycles. The van der Waals surface area contributed by atoms with Gasteiger partial charge in [0.15, 0.2) is 5.82 Å². The number of anilines is 2. The number of nitrogens with two attached hydrogens (primary N) is 1. The molecule has 6 heteroatoms. The van der Waals surface area contributed by atoms with Crippen LogP contribution >= 0.6 is 0 Å². The summed E-state index contributed by atoms with van der Waals surface area (Å²) in [5, 5.41) is 2.89. The van der Waals surface area contributed by atoms with E-state index in [2.05, 4.69) is 5.32 Å². The van der Waals surface area contributed by atoms with Crippen LogP contribution in [0.1, 0.15) is 23.7 Å². The van der Waals surface area contributed by atoms with Gasteiger partial charge in [0.2, 0.25) is 0 Å². The zero-order chi connectivity index (χ0) is 13.8. The molecule has 3 N–H and O–H groups in total. The molecule has 1 fully saturated rings. The summed E-state index contributed by atoms with van der Waals surface area (Å²) in [5.74, 6) is -1.37. The number of carbonyl (C=O) groups excluding carboxylic acids is 1. The lowest BCUT2D eigenvalue weighted by Gasteiger charge is -2.27. The first-order valence-corrected chi connectivity index (χ1v) is 6.24. The Balaban J connectivity index is 2.15. The first-order valence-electron chi connectivity index (χ1n) is 6.24. The minimum atomic E-state index is -0.692. The number of hydrogen-bond donors (Lipinski definition) is 2. The van der Waals surface area contributed by atoms with Crippen molar-refractivity contribution in [2.24, 2.45) is 0 Å². The van der Waals surface area contributed by atoms with Gasteiger partial charge in [-0.25, -0.2) is 9.18 Å². The molecule has 1 aromatic carbocycles. The van der Waals surface area contributed by atoms with Gasteiger partial charge in [-0.15, -0.1) is 0 Å². The van der Waals surface area contributed by atoms with Crippen molar-refractivity contribution in [2.45, 2.75) is 19.4 Å². The molecule has 0 aromatic heterocycles. The van der Waals surface area contributed by atoms with E-state index >= 15 is 0 Å². The Morgan fingerprint density at radius 2 is 2.37 bits per heavy atom. The predicted octanol–water partition coefficient (Wildman–Crippen LogP) is 1.79. The molecule has 104 valence electrons. The van der Waals surface area contributed by atoms with E-state index in [1.165, 1.54) is 12.1 Å². The van der Waals surface area contributed by atoms with E-state index in [0.29, 0.717) is 6.54 Å². The summed E-state index contributed by atoms with van der Waals surface area (Å²) < 4.78 is 24.2. The zero-order valence-electron chi connectivity index (χ0n) is 10.7. The zero-order valence-corrected chi connectivity index (χ0v) is 10.7. The summed E-state index contributed by atoms with van der Waals surface area (Å²) in [4.78, 5) is 11.6. The van der Waals surface area contributed by atoms with Crippen molar-refractivity contribution in [3.63, 3.8) is 0 Å². The SMILES string of the molecule is CCOC(=O)c1ccc(N)c(NC[C@@H]2CCO2)c1F. The first kappa shape index (κ1) is 13.6. The number of carbonyl (C=O) groups is 1. The van der Waals surface area contributed by atoms with Gasteiger partial charge in [-0.3, -0.25) is 0 Å². The molecule has 1 saturated heterocycles. The molecule has 5 nitrogen and oxygen atoms in total. The van der Waals surface area contributed by atoms with Gasteiger partial charge in [-0.2, -0.15) is 0 Å².